The van der Waals surface area contributed by atoms with E-state index in [1.807, 2.05) is 60.7 Å². The fourth-order valence-electron chi connectivity index (χ4n) is 10.2. The molecule has 4 nitrogen and oxygen atoms in total. The van der Waals surface area contributed by atoms with Gasteiger partial charge in [-0.3, -0.25) is 0 Å². The summed E-state index contributed by atoms with van der Waals surface area (Å²) >= 11 is 0. The van der Waals surface area contributed by atoms with Gasteiger partial charge in [-0.25, -0.2) is 15.0 Å². The van der Waals surface area contributed by atoms with E-state index in [0.717, 1.165) is 22.3 Å². The van der Waals surface area contributed by atoms with Gasteiger partial charge in [-0.2, -0.15) is 0 Å². The Balaban J connectivity index is 1.04. The first-order chi connectivity index (χ1) is 29.0. The molecule has 3 heterocycles. The molecule has 2 aliphatic rings. The largest absolute Gasteiger partial charge is 0.309 e. The summed E-state index contributed by atoms with van der Waals surface area (Å²) in [6.07, 6.45) is 0. The van der Waals surface area contributed by atoms with Crippen molar-refractivity contribution < 1.29 is 0 Å². The Hall–Kier alpha value is -7.43. The minimum Gasteiger partial charge on any atom is -0.309 e. The van der Waals surface area contributed by atoms with Gasteiger partial charge < -0.3 is 4.57 Å². The molecule has 0 saturated heterocycles. The average Bonchev–Trinajstić information content (AvgIpc) is 3.65. The maximum atomic E-state index is 4.99. The Morgan fingerprint density at radius 2 is 0.847 bits per heavy atom. The topological polar surface area (TPSA) is 43.6 Å². The smallest absolute Gasteiger partial charge is 0.164 e. The minimum absolute atomic E-state index is 0.257. The van der Waals surface area contributed by atoms with Gasteiger partial charge in [-0.1, -0.05) is 190 Å². The van der Waals surface area contributed by atoms with Crippen molar-refractivity contribution in [3.8, 4) is 51.0 Å². The van der Waals surface area contributed by atoms with Gasteiger partial charge in [0.15, 0.2) is 17.5 Å². The number of fused-ring (bicyclic) bond motifs is 11. The van der Waals surface area contributed by atoms with Gasteiger partial charge in [0.2, 0.25) is 0 Å². The Morgan fingerprint density at radius 3 is 1.54 bits per heavy atom. The molecule has 1 unspecified atom stereocenters. The lowest BCUT2D eigenvalue weighted by Crippen LogP contribution is -2.44. The van der Waals surface area contributed by atoms with Crippen LogP contribution in [0.25, 0.3) is 72.8 Å². The SMILES string of the molecule is CC1(C)c2ccccc2C2(c3ccccc3-n3c4ccccc4c4cccc2c43)c2ccc(-c3ccc(-c4nc(-c5ccccc5)nc(-c5ccccc5)n4)cc3)cc21. The molecule has 8 aromatic carbocycles. The highest BCUT2D eigenvalue weighted by Gasteiger charge is 2.52. The number of rotatable bonds is 4. The molecule has 0 saturated carbocycles. The van der Waals surface area contributed by atoms with Gasteiger partial charge in [-0.15, -0.1) is 0 Å². The molecule has 59 heavy (non-hydrogen) atoms. The molecule has 1 aliphatic heterocycles. The standard InChI is InChI=1S/C55H38N4/c1-54(2)42-22-10-11-23-43(42)55(45-24-12-14-27-49(45)59-48-26-13-9-20-40(48)41-21-15-25-46(55)50(41)59)44-33-32-39(34-47(44)54)35-28-30-38(31-29-35)53-57-51(36-16-5-3-6-17-36)56-52(58-53)37-18-7-4-8-19-37/h3-34H,1-2H3. The lowest BCUT2D eigenvalue weighted by Gasteiger charge is -2.50. The van der Waals surface area contributed by atoms with Crippen molar-refractivity contribution in [2.45, 2.75) is 24.7 Å². The number of para-hydroxylation sites is 3. The number of nitrogens with zero attached hydrogens (tertiary/aromatic N) is 4. The maximum Gasteiger partial charge on any atom is 0.164 e. The molecule has 12 rings (SSSR count). The van der Waals surface area contributed by atoms with E-state index in [9.17, 15) is 0 Å². The van der Waals surface area contributed by atoms with Crippen LogP contribution in [0.5, 0.6) is 0 Å². The van der Waals surface area contributed by atoms with Crippen molar-refractivity contribution in [2.24, 2.45) is 0 Å². The zero-order chi connectivity index (χ0) is 39.3. The van der Waals surface area contributed by atoms with E-state index in [1.54, 1.807) is 0 Å². The number of hydrogen-bond donors (Lipinski definition) is 0. The van der Waals surface area contributed by atoms with Crippen molar-refractivity contribution in [2.75, 3.05) is 0 Å². The van der Waals surface area contributed by atoms with Crippen LogP contribution in [-0.2, 0) is 10.8 Å². The first-order valence-electron chi connectivity index (χ1n) is 20.4. The molecule has 0 bridgehead atoms. The van der Waals surface area contributed by atoms with Crippen LogP contribution in [0.2, 0.25) is 0 Å². The summed E-state index contributed by atoms with van der Waals surface area (Å²) in [7, 11) is 0. The van der Waals surface area contributed by atoms with Gasteiger partial charge in [-0.05, 0) is 62.7 Å². The monoisotopic (exact) mass is 754 g/mol. The third-order valence-electron chi connectivity index (χ3n) is 12.9. The van der Waals surface area contributed by atoms with Crippen molar-refractivity contribution >= 4 is 21.8 Å². The summed E-state index contributed by atoms with van der Waals surface area (Å²) in [5.74, 6) is 1.96. The van der Waals surface area contributed by atoms with Crippen LogP contribution in [0.1, 0.15) is 47.2 Å². The first-order valence-corrected chi connectivity index (χ1v) is 20.4. The lowest BCUT2D eigenvalue weighted by molar-refractivity contribution is 0.556. The van der Waals surface area contributed by atoms with Gasteiger partial charge in [0, 0.05) is 32.9 Å². The molecular weight excluding hydrogens is 717 g/mol. The molecule has 0 N–H and O–H groups in total. The van der Waals surface area contributed by atoms with Gasteiger partial charge >= 0.3 is 0 Å². The predicted octanol–water partition coefficient (Wildman–Crippen LogP) is 13.0. The molecule has 10 aromatic rings. The number of benzene rings is 8. The molecule has 2 aromatic heterocycles. The van der Waals surface area contributed by atoms with Crippen molar-refractivity contribution in [3.05, 3.63) is 228 Å². The van der Waals surface area contributed by atoms with Crippen LogP contribution in [0.3, 0.4) is 0 Å². The Bertz CT molecular complexity index is 3230. The second-order valence-electron chi connectivity index (χ2n) is 16.4. The lowest BCUT2D eigenvalue weighted by atomic mass is 9.53. The van der Waals surface area contributed by atoms with E-state index < -0.39 is 5.41 Å². The van der Waals surface area contributed by atoms with Gasteiger partial charge in [0.1, 0.15) is 0 Å². The molecule has 1 aliphatic carbocycles. The van der Waals surface area contributed by atoms with Gasteiger partial charge in [0.05, 0.1) is 22.1 Å². The first kappa shape index (κ1) is 33.7. The van der Waals surface area contributed by atoms with Crippen LogP contribution >= 0.6 is 0 Å². The summed E-state index contributed by atoms with van der Waals surface area (Å²) in [5, 5.41) is 2.57. The Morgan fingerprint density at radius 1 is 0.356 bits per heavy atom. The van der Waals surface area contributed by atoms with Crippen LogP contribution in [0.15, 0.2) is 194 Å². The van der Waals surface area contributed by atoms with Crippen molar-refractivity contribution in [1.29, 1.82) is 0 Å². The summed E-state index contributed by atoms with van der Waals surface area (Å²) in [5.41, 5.74) is 16.2. The molecule has 278 valence electrons. The highest BCUT2D eigenvalue weighted by atomic mass is 15.0. The molecule has 0 amide bonds. The maximum absolute atomic E-state index is 4.99. The van der Waals surface area contributed by atoms with E-state index >= 15 is 0 Å². The highest BCUT2D eigenvalue weighted by molar-refractivity contribution is 6.12. The van der Waals surface area contributed by atoms with Crippen molar-refractivity contribution in [3.63, 3.8) is 0 Å². The summed E-state index contributed by atoms with van der Waals surface area (Å²) in [6, 6.07) is 70.3. The fraction of sp³-hybridized carbons (Fsp3) is 0.0727. The van der Waals surface area contributed by atoms with Crippen molar-refractivity contribution in [1.82, 2.24) is 19.5 Å². The normalized spacial score (nSPS) is 15.8. The Kier molecular flexibility index (Phi) is 7.16. The number of aromatic nitrogens is 4. The quantitative estimate of drug-likeness (QED) is 0.180. The van der Waals surface area contributed by atoms with E-state index in [4.69, 9.17) is 15.0 Å². The summed E-state index contributed by atoms with van der Waals surface area (Å²) in [6.45, 7) is 4.79. The zero-order valence-corrected chi connectivity index (χ0v) is 32.8. The van der Waals surface area contributed by atoms with Crippen LogP contribution in [-0.4, -0.2) is 19.5 Å². The third-order valence-corrected chi connectivity index (χ3v) is 12.9. The zero-order valence-electron chi connectivity index (χ0n) is 32.8. The Labute approximate surface area is 343 Å². The average molecular weight is 755 g/mol. The third kappa shape index (κ3) is 4.74. The fourth-order valence-corrected chi connectivity index (χ4v) is 10.2. The van der Waals surface area contributed by atoms with Crippen LogP contribution in [0.4, 0.5) is 0 Å². The number of hydrogen-bond acceptors (Lipinski definition) is 3. The molecule has 0 fully saturated rings. The van der Waals surface area contributed by atoms with Crippen LogP contribution in [0, 0.1) is 0 Å². The summed E-state index contributed by atoms with van der Waals surface area (Å²) in [4.78, 5) is 14.9. The van der Waals surface area contributed by atoms with E-state index in [1.165, 1.54) is 66.4 Å². The van der Waals surface area contributed by atoms with Gasteiger partial charge in [0.25, 0.3) is 0 Å². The molecule has 1 spiro atoms. The van der Waals surface area contributed by atoms with E-state index in [0.29, 0.717) is 17.5 Å². The predicted molar refractivity (Wildman–Crippen MR) is 240 cm³/mol. The molecule has 1 atom stereocenters. The molecule has 0 radical (unpaired) electrons. The van der Waals surface area contributed by atoms with E-state index in [-0.39, 0.29) is 5.41 Å². The molecule has 4 heteroatoms. The molecular formula is C55H38N4. The second kappa shape index (κ2) is 12.5. The minimum atomic E-state index is -0.518. The highest BCUT2D eigenvalue weighted by Crippen LogP contribution is 2.60. The van der Waals surface area contributed by atoms with Crippen LogP contribution < -0.4 is 0 Å². The summed E-state index contributed by atoms with van der Waals surface area (Å²) < 4.78 is 2.51. The van der Waals surface area contributed by atoms with E-state index in [2.05, 4.69) is 152 Å². The second-order valence-corrected chi connectivity index (χ2v) is 16.4.